The van der Waals surface area contributed by atoms with Gasteiger partial charge in [0.2, 0.25) is 5.13 Å². The fraction of sp³-hybridized carbons (Fsp3) is 0.148. The summed E-state index contributed by atoms with van der Waals surface area (Å²) in [6.45, 7) is 2.81. The van der Waals surface area contributed by atoms with E-state index in [0.29, 0.717) is 28.8 Å². The number of para-hydroxylation sites is 1. The lowest BCUT2D eigenvalue weighted by atomic mass is 10.1. The Labute approximate surface area is 205 Å². The first-order chi connectivity index (χ1) is 17.1. The SMILES string of the molecule is CC1=c2c(n(Cc3ccccc3)n(-c3nc4ccccc4s3)c2=O)=CC(O)N1Cc1cccnc1. The molecule has 1 aliphatic heterocycles. The van der Waals surface area contributed by atoms with E-state index in [9.17, 15) is 9.90 Å². The highest BCUT2D eigenvalue weighted by atomic mass is 32.1. The molecule has 0 saturated heterocycles. The van der Waals surface area contributed by atoms with Gasteiger partial charge in [-0.3, -0.25) is 14.5 Å². The van der Waals surface area contributed by atoms with E-state index in [4.69, 9.17) is 4.98 Å². The molecule has 1 atom stereocenters. The highest BCUT2D eigenvalue weighted by Gasteiger charge is 2.26. The van der Waals surface area contributed by atoms with Gasteiger partial charge in [-0.05, 0) is 42.3 Å². The lowest BCUT2D eigenvalue weighted by Crippen LogP contribution is -2.49. The van der Waals surface area contributed by atoms with Crippen LogP contribution >= 0.6 is 11.3 Å². The maximum absolute atomic E-state index is 14.0. The summed E-state index contributed by atoms with van der Waals surface area (Å²) in [6, 6.07) is 21.7. The quantitative estimate of drug-likeness (QED) is 0.417. The van der Waals surface area contributed by atoms with Crippen molar-refractivity contribution in [3.63, 3.8) is 0 Å². The molecular formula is C27H23N5O2S. The van der Waals surface area contributed by atoms with Crippen molar-refractivity contribution < 1.29 is 5.11 Å². The monoisotopic (exact) mass is 481 g/mol. The fourth-order valence-corrected chi connectivity index (χ4v) is 5.57. The first-order valence-electron chi connectivity index (χ1n) is 11.4. The zero-order valence-corrected chi connectivity index (χ0v) is 19.9. The minimum absolute atomic E-state index is 0.146. The number of hydrogen-bond acceptors (Lipinski definition) is 6. The molecule has 6 rings (SSSR count). The number of aromatic nitrogens is 4. The molecule has 1 aliphatic rings. The van der Waals surface area contributed by atoms with Crippen molar-refractivity contribution in [2.45, 2.75) is 26.2 Å². The molecule has 7 nitrogen and oxygen atoms in total. The number of hydrogen-bond donors (Lipinski definition) is 1. The van der Waals surface area contributed by atoms with Crippen LogP contribution in [0.1, 0.15) is 18.1 Å². The Hall–Kier alpha value is -4.01. The largest absolute Gasteiger partial charge is 0.370 e. The molecule has 0 radical (unpaired) electrons. The second kappa shape index (κ2) is 8.65. The molecular weight excluding hydrogens is 458 g/mol. The summed E-state index contributed by atoms with van der Waals surface area (Å²) < 4.78 is 4.60. The van der Waals surface area contributed by atoms with Crippen LogP contribution in [0.4, 0.5) is 0 Å². The van der Waals surface area contributed by atoms with Gasteiger partial charge in [-0.25, -0.2) is 4.98 Å². The highest BCUT2D eigenvalue weighted by Crippen LogP contribution is 2.24. The fourth-order valence-electron chi connectivity index (χ4n) is 4.60. The van der Waals surface area contributed by atoms with E-state index in [1.807, 2.05) is 83.2 Å². The molecule has 0 amide bonds. The number of aliphatic hydroxyl groups is 1. The third-order valence-corrected chi connectivity index (χ3v) is 7.33. The van der Waals surface area contributed by atoms with E-state index in [2.05, 4.69) is 4.98 Å². The van der Waals surface area contributed by atoms with Gasteiger partial charge in [0.25, 0.3) is 5.56 Å². The van der Waals surface area contributed by atoms with Crippen molar-refractivity contribution in [3.8, 4) is 5.13 Å². The van der Waals surface area contributed by atoms with Crippen LogP contribution in [0.15, 0.2) is 83.9 Å². The van der Waals surface area contributed by atoms with Gasteiger partial charge in [0.05, 0.1) is 27.3 Å². The second-order valence-electron chi connectivity index (χ2n) is 8.54. The molecule has 0 aliphatic carbocycles. The van der Waals surface area contributed by atoms with Crippen molar-refractivity contribution in [2.24, 2.45) is 0 Å². The molecule has 5 aromatic rings. The summed E-state index contributed by atoms with van der Waals surface area (Å²) in [6.07, 6.45) is 4.37. The predicted octanol–water partition coefficient (Wildman–Crippen LogP) is 2.43. The lowest BCUT2D eigenvalue weighted by molar-refractivity contribution is 0.0923. The van der Waals surface area contributed by atoms with Crippen molar-refractivity contribution in [3.05, 3.63) is 111 Å². The van der Waals surface area contributed by atoms with Crippen molar-refractivity contribution in [2.75, 3.05) is 0 Å². The average molecular weight is 482 g/mol. The van der Waals surface area contributed by atoms with Gasteiger partial charge in [-0.15, -0.1) is 0 Å². The number of rotatable bonds is 5. The Morgan fingerprint density at radius 1 is 0.971 bits per heavy atom. The average Bonchev–Trinajstić information content (AvgIpc) is 3.41. The van der Waals surface area contributed by atoms with Gasteiger partial charge in [0.1, 0.15) is 6.23 Å². The minimum Gasteiger partial charge on any atom is -0.370 e. The van der Waals surface area contributed by atoms with Gasteiger partial charge in [-0.2, -0.15) is 4.68 Å². The zero-order valence-electron chi connectivity index (χ0n) is 19.1. The van der Waals surface area contributed by atoms with Crippen LogP contribution in [-0.2, 0) is 13.1 Å². The van der Waals surface area contributed by atoms with Crippen LogP contribution in [0, 0.1) is 0 Å². The zero-order chi connectivity index (χ0) is 23.9. The molecule has 8 heteroatoms. The van der Waals surface area contributed by atoms with Crippen molar-refractivity contribution >= 4 is 33.3 Å². The minimum atomic E-state index is -0.879. The number of fused-ring (bicyclic) bond motifs is 2. The Morgan fingerprint density at radius 2 is 1.74 bits per heavy atom. The standard InChI is InChI=1S/C27H23N5O2S/c1-18-25-22(14-24(33)30(18)16-20-10-7-13-28-15-20)31(17-19-8-3-2-4-9-19)32(26(25)34)27-29-21-11-5-6-12-23(21)35-27/h2-15,24,33H,16-17H2,1H3. The maximum atomic E-state index is 14.0. The molecule has 1 N–H and O–H groups in total. The Morgan fingerprint density at radius 3 is 2.51 bits per heavy atom. The maximum Gasteiger partial charge on any atom is 0.283 e. The second-order valence-corrected chi connectivity index (χ2v) is 9.55. The van der Waals surface area contributed by atoms with Crippen LogP contribution in [-0.4, -0.2) is 35.6 Å². The molecule has 2 aromatic carbocycles. The van der Waals surface area contributed by atoms with E-state index in [-0.39, 0.29) is 5.56 Å². The van der Waals surface area contributed by atoms with E-state index >= 15 is 0 Å². The molecule has 1 unspecified atom stereocenters. The van der Waals surface area contributed by atoms with Crippen molar-refractivity contribution in [1.29, 1.82) is 0 Å². The molecule has 0 fully saturated rings. The molecule has 4 heterocycles. The summed E-state index contributed by atoms with van der Waals surface area (Å²) in [5, 5.41) is 13.0. The summed E-state index contributed by atoms with van der Waals surface area (Å²) >= 11 is 1.48. The number of pyridine rings is 1. The lowest BCUT2D eigenvalue weighted by Gasteiger charge is -2.30. The Balaban J connectivity index is 1.59. The van der Waals surface area contributed by atoms with Crippen LogP contribution in [0.3, 0.4) is 0 Å². The van der Waals surface area contributed by atoms with Gasteiger partial charge in [-0.1, -0.05) is 59.9 Å². The summed E-state index contributed by atoms with van der Waals surface area (Å²) in [5.41, 5.74) is 3.45. The molecule has 0 saturated carbocycles. The molecule has 174 valence electrons. The number of nitrogens with zero attached hydrogens (tertiary/aromatic N) is 5. The summed E-state index contributed by atoms with van der Waals surface area (Å²) in [4.78, 5) is 24.8. The van der Waals surface area contributed by atoms with E-state index in [1.54, 1.807) is 23.2 Å². The van der Waals surface area contributed by atoms with Crippen LogP contribution in [0.2, 0.25) is 0 Å². The van der Waals surface area contributed by atoms with E-state index < -0.39 is 6.23 Å². The molecule has 0 spiro atoms. The smallest absolute Gasteiger partial charge is 0.283 e. The van der Waals surface area contributed by atoms with Gasteiger partial charge in [0, 0.05) is 24.6 Å². The third kappa shape index (κ3) is 3.77. The van der Waals surface area contributed by atoms with Gasteiger partial charge < -0.3 is 10.0 Å². The first kappa shape index (κ1) is 21.5. The van der Waals surface area contributed by atoms with E-state index in [0.717, 1.165) is 27.0 Å². The first-order valence-corrected chi connectivity index (χ1v) is 12.2. The number of thiazole rings is 1. The van der Waals surface area contributed by atoms with Gasteiger partial charge >= 0.3 is 0 Å². The molecule has 3 aromatic heterocycles. The topological polar surface area (TPSA) is 76.2 Å². The highest BCUT2D eigenvalue weighted by molar-refractivity contribution is 7.20. The van der Waals surface area contributed by atoms with E-state index in [1.165, 1.54) is 11.3 Å². The van der Waals surface area contributed by atoms with Gasteiger partial charge in [0.15, 0.2) is 0 Å². The number of benzene rings is 2. The van der Waals surface area contributed by atoms with Crippen LogP contribution in [0.5, 0.6) is 0 Å². The normalized spacial score (nSPS) is 15.3. The Bertz CT molecular complexity index is 1670. The van der Waals surface area contributed by atoms with Crippen LogP contribution < -0.4 is 16.1 Å². The van der Waals surface area contributed by atoms with Crippen molar-refractivity contribution in [1.82, 2.24) is 24.2 Å². The van der Waals surface area contributed by atoms with Crippen LogP contribution in [0.25, 0.3) is 27.1 Å². The molecule has 0 bridgehead atoms. The number of aliphatic hydroxyl groups excluding tert-OH is 1. The summed E-state index contributed by atoms with van der Waals surface area (Å²) in [5.74, 6) is 0. The Kier molecular flexibility index (Phi) is 5.32. The third-order valence-electron chi connectivity index (χ3n) is 6.32. The molecule has 35 heavy (non-hydrogen) atoms. The summed E-state index contributed by atoms with van der Waals surface area (Å²) in [7, 11) is 0. The predicted molar refractivity (Wildman–Crippen MR) is 137 cm³/mol.